The topological polar surface area (TPSA) is 101 Å². The van der Waals surface area contributed by atoms with Crippen LogP contribution < -0.4 is 20.7 Å². The fourth-order valence-electron chi connectivity index (χ4n) is 3.31. The quantitative estimate of drug-likeness (QED) is 0.224. The van der Waals surface area contributed by atoms with Gasteiger partial charge in [0.15, 0.2) is 0 Å². The Kier molecular flexibility index (Phi) is 7.77. The van der Waals surface area contributed by atoms with Crippen molar-refractivity contribution in [3.05, 3.63) is 78.6 Å². The van der Waals surface area contributed by atoms with E-state index in [1.54, 1.807) is 49.8 Å². The maximum Gasteiger partial charge on any atom is 0.446 e. The minimum Gasteiger partial charge on any atom is -0.438 e. The molecule has 2 aromatic carbocycles. The van der Waals surface area contributed by atoms with Crippen LogP contribution in [0.25, 0.3) is 11.3 Å². The number of carbonyl (C=O) groups is 1. The standard InChI is InChI=1S/C25H21F3N6O2S/c1-15-13-17(33-24(35)32-16-5-3-6-18(14-16)37-25(26,27)28)8-9-21(15)36-22-19(7-4-11-30-22)20-10-12-31-23(29-2)34-20/h3-14H,1-2H3,(H,29,31,34)(H2,32,33,35). The number of nitrogens with one attached hydrogen (secondary N) is 3. The molecule has 0 atom stereocenters. The third kappa shape index (κ3) is 7.10. The first-order chi connectivity index (χ1) is 17.7. The number of urea groups is 1. The van der Waals surface area contributed by atoms with Crippen molar-refractivity contribution < 1.29 is 22.7 Å². The monoisotopic (exact) mass is 526 g/mol. The molecular formula is C25H21F3N6O2S. The normalized spacial score (nSPS) is 11.1. The molecular weight excluding hydrogens is 505 g/mol. The average Bonchev–Trinajstić information content (AvgIpc) is 2.85. The van der Waals surface area contributed by atoms with Crippen molar-refractivity contribution in [3.8, 4) is 22.9 Å². The summed E-state index contributed by atoms with van der Waals surface area (Å²) >= 11 is -0.249. The molecule has 0 bridgehead atoms. The van der Waals surface area contributed by atoms with Crippen molar-refractivity contribution >= 4 is 35.1 Å². The summed E-state index contributed by atoms with van der Waals surface area (Å²) in [5.41, 5.74) is -1.68. The van der Waals surface area contributed by atoms with Gasteiger partial charge in [-0.25, -0.2) is 19.7 Å². The molecule has 190 valence electrons. The van der Waals surface area contributed by atoms with Crippen LogP contribution in [-0.4, -0.2) is 33.5 Å². The first-order valence-electron chi connectivity index (χ1n) is 10.9. The summed E-state index contributed by atoms with van der Waals surface area (Å²) in [6, 6.07) is 15.3. The van der Waals surface area contributed by atoms with Crippen LogP contribution in [0.1, 0.15) is 5.56 Å². The summed E-state index contributed by atoms with van der Waals surface area (Å²) in [6.45, 7) is 1.81. The van der Waals surface area contributed by atoms with Gasteiger partial charge in [0.1, 0.15) is 5.75 Å². The number of benzene rings is 2. The van der Waals surface area contributed by atoms with E-state index in [1.807, 2.05) is 13.0 Å². The second kappa shape index (κ2) is 11.2. The number of thioether (sulfide) groups is 1. The third-order valence-electron chi connectivity index (χ3n) is 4.89. The van der Waals surface area contributed by atoms with Gasteiger partial charge in [0, 0.05) is 35.7 Å². The summed E-state index contributed by atoms with van der Waals surface area (Å²) in [4.78, 5) is 25.3. The molecule has 0 spiro atoms. The van der Waals surface area contributed by atoms with E-state index in [0.29, 0.717) is 34.5 Å². The van der Waals surface area contributed by atoms with Gasteiger partial charge in [-0.3, -0.25) is 0 Å². The van der Waals surface area contributed by atoms with Crippen molar-refractivity contribution in [1.82, 2.24) is 15.0 Å². The fraction of sp³-hybridized carbons (Fsp3) is 0.120. The first kappa shape index (κ1) is 25.8. The predicted octanol–water partition coefficient (Wildman–Crippen LogP) is 6.94. The molecule has 37 heavy (non-hydrogen) atoms. The van der Waals surface area contributed by atoms with Crippen LogP contribution in [-0.2, 0) is 0 Å². The molecule has 4 rings (SSSR count). The molecule has 0 radical (unpaired) electrons. The lowest BCUT2D eigenvalue weighted by Crippen LogP contribution is -2.19. The average molecular weight is 527 g/mol. The lowest BCUT2D eigenvalue weighted by molar-refractivity contribution is -0.0328. The van der Waals surface area contributed by atoms with E-state index in [1.165, 1.54) is 24.3 Å². The van der Waals surface area contributed by atoms with Gasteiger partial charge in [-0.2, -0.15) is 13.2 Å². The van der Waals surface area contributed by atoms with Crippen molar-refractivity contribution in [3.63, 3.8) is 0 Å². The van der Waals surface area contributed by atoms with Crippen molar-refractivity contribution in [2.75, 3.05) is 23.0 Å². The zero-order valence-corrected chi connectivity index (χ0v) is 20.4. The Morgan fingerprint density at radius 1 is 0.946 bits per heavy atom. The smallest absolute Gasteiger partial charge is 0.438 e. The molecule has 12 heteroatoms. The van der Waals surface area contributed by atoms with Crippen LogP contribution in [0.15, 0.2) is 78.0 Å². The highest BCUT2D eigenvalue weighted by Crippen LogP contribution is 2.37. The number of ether oxygens (including phenoxy) is 1. The van der Waals surface area contributed by atoms with Crippen LogP contribution in [0.4, 0.5) is 35.3 Å². The van der Waals surface area contributed by atoms with E-state index in [4.69, 9.17) is 4.74 Å². The highest BCUT2D eigenvalue weighted by molar-refractivity contribution is 8.00. The van der Waals surface area contributed by atoms with E-state index < -0.39 is 11.5 Å². The molecule has 0 aliphatic carbocycles. The molecule has 0 fully saturated rings. The van der Waals surface area contributed by atoms with Crippen molar-refractivity contribution in [2.24, 2.45) is 0 Å². The van der Waals surface area contributed by atoms with E-state index in [9.17, 15) is 18.0 Å². The molecule has 0 aliphatic heterocycles. The molecule has 2 heterocycles. The van der Waals surface area contributed by atoms with Crippen LogP contribution in [0, 0.1) is 6.92 Å². The molecule has 0 aliphatic rings. The summed E-state index contributed by atoms with van der Waals surface area (Å²) < 4.78 is 43.9. The molecule has 4 aromatic rings. The Labute approximate surface area is 214 Å². The maximum absolute atomic E-state index is 12.6. The number of hydrogen-bond acceptors (Lipinski definition) is 7. The highest BCUT2D eigenvalue weighted by atomic mass is 32.2. The fourth-order valence-corrected chi connectivity index (χ4v) is 3.91. The van der Waals surface area contributed by atoms with Gasteiger partial charge in [-0.1, -0.05) is 6.07 Å². The predicted molar refractivity (Wildman–Crippen MR) is 137 cm³/mol. The number of carbonyl (C=O) groups excluding carboxylic acids is 1. The van der Waals surface area contributed by atoms with Crippen molar-refractivity contribution in [1.29, 1.82) is 0 Å². The zero-order valence-electron chi connectivity index (χ0n) is 19.6. The number of nitrogens with zero attached hydrogens (tertiary/aromatic N) is 3. The maximum atomic E-state index is 12.6. The van der Waals surface area contributed by atoms with E-state index in [-0.39, 0.29) is 22.3 Å². The lowest BCUT2D eigenvalue weighted by Gasteiger charge is -2.14. The minimum atomic E-state index is -4.41. The summed E-state index contributed by atoms with van der Waals surface area (Å²) in [7, 11) is 1.73. The lowest BCUT2D eigenvalue weighted by atomic mass is 10.2. The van der Waals surface area contributed by atoms with Gasteiger partial charge < -0.3 is 20.7 Å². The largest absolute Gasteiger partial charge is 0.446 e. The number of halogens is 3. The Bertz CT molecular complexity index is 1420. The second-order valence-electron chi connectivity index (χ2n) is 7.61. The highest BCUT2D eigenvalue weighted by Gasteiger charge is 2.29. The molecule has 0 unspecified atom stereocenters. The summed E-state index contributed by atoms with van der Waals surface area (Å²) in [6.07, 6.45) is 3.24. The third-order valence-corrected chi connectivity index (χ3v) is 5.61. The second-order valence-corrected chi connectivity index (χ2v) is 8.75. The van der Waals surface area contributed by atoms with Crippen LogP contribution in [0.2, 0.25) is 0 Å². The number of aromatic nitrogens is 3. The number of aryl methyl sites for hydroxylation is 1. The Morgan fingerprint density at radius 2 is 1.73 bits per heavy atom. The van der Waals surface area contributed by atoms with Crippen LogP contribution in [0.3, 0.4) is 0 Å². The summed E-state index contributed by atoms with van der Waals surface area (Å²) in [5, 5.41) is 8.10. The molecule has 0 saturated carbocycles. The Morgan fingerprint density at radius 3 is 2.46 bits per heavy atom. The molecule has 8 nitrogen and oxygen atoms in total. The number of hydrogen-bond donors (Lipinski definition) is 3. The van der Waals surface area contributed by atoms with Gasteiger partial charge in [0.05, 0.1) is 11.3 Å². The molecule has 2 aromatic heterocycles. The van der Waals surface area contributed by atoms with Gasteiger partial charge in [0.25, 0.3) is 0 Å². The van der Waals surface area contributed by atoms with Crippen LogP contribution >= 0.6 is 11.8 Å². The van der Waals surface area contributed by atoms with Crippen LogP contribution in [0.5, 0.6) is 11.6 Å². The van der Waals surface area contributed by atoms with Crippen molar-refractivity contribution in [2.45, 2.75) is 17.3 Å². The van der Waals surface area contributed by atoms with Gasteiger partial charge in [0.2, 0.25) is 11.8 Å². The Hall–Kier alpha value is -4.32. The molecule has 2 amide bonds. The van der Waals surface area contributed by atoms with E-state index >= 15 is 0 Å². The number of anilines is 3. The molecule has 0 saturated heterocycles. The number of rotatable bonds is 7. The van der Waals surface area contributed by atoms with Gasteiger partial charge in [-0.05, 0) is 78.8 Å². The van der Waals surface area contributed by atoms with E-state index in [0.717, 1.165) is 5.56 Å². The SMILES string of the molecule is CNc1nccc(-c2cccnc2Oc2ccc(NC(=O)Nc3cccc(SC(F)(F)F)c3)cc2C)n1. The zero-order chi connectivity index (χ0) is 26.4. The number of alkyl halides is 3. The first-order valence-corrected chi connectivity index (χ1v) is 11.7. The Balaban J connectivity index is 1.45. The summed E-state index contributed by atoms with van der Waals surface area (Å²) in [5.74, 6) is 1.33. The number of amides is 2. The number of pyridine rings is 1. The minimum absolute atomic E-state index is 0.0271. The van der Waals surface area contributed by atoms with Gasteiger partial charge >= 0.3 is 11.5 Å². The molecule has 3 N–H and O–H groups in total. The van der Waals surface area contributed by atoms with Gasteiger partial charge in [-0.15, -0.1) is 0 Å². The van der Waals surface area contributed by atoms with E-state index in [2.05, 4.69) is 30.9 Å².